The Labute approximate surface area is 210 Å². The lowest BCUT2D eigenvalue weighted by atomic mass is 9.97. The van der Waals surface area contributed by atoms with Gasteiger partial charge in [-0.1, -0.05) is 103 Å². The zero-order valence-corrected chi connectivity index (χ0v) is 19.8. The van der Waals surface area contributed by atoms with Gasteiger partial charge in [0.1, 0.15) is 6.04 Å². The molecule has 0 spiro atoms. The van der Waals surface area contributed by atoms with Crippen LogP contribution in [0.4, 0.5) is 10.5 Å². The van der Waals surface area contributed by atoms with Crippen LogP contribution in [-0.2, 0) is 11.2 Å². The van der Waals surface area contributed by atoms with Crippen molar-refractivity contribution in [3.05, 3.63) is 137 Å². The fraction of sp³-hybridized carbons (Fsp3) is 0.103. The Morgan fingerprint density at radius 3 is 1.71 bits per heavy atom. The lowest BCUT2D eigenvalue weighted by Crippen LogP contribution is -2.50. The van der Waals surface area contributed by atoms with Crippen LogP contribution in [0.25, 0.3) is 0 Å². The van der Waals surface area contributed by atoms with Crippen LogP contribution in [0, 0.1) is 0 Å². The Hall–Kier alpha value is -4.09. The number of rotatable bonds is 8. The summed E-state index contributed by atoms with van der Waals surface area (Å²) in [6.07, 6.45) is 0.344. The molecule has 1 unspecified atom stereocenters. The molecule has 1 atom stereocenters. The molecule has 35 heavy (non-hydrogen) atoms. The third-order valence-electron chi connectivity index (χ3n) is 5.56. The number of nitrogens with one attached hydrogen (secondary N) is 3. The molecule has 0 aliphatic heterocycles. The summed E-state index contributed by atoms with van der Waals surface area (Å²) in [5.74, 6) is -0.280. The SMILES string of the molecule is O=C(Nc1ccc(Cl)cc1)NC(Cc1ccccc1)C(=O)NC(c1ccccc1)c1ccccc1. The van der Waals surface area contributed by atoms with Gasteiger partial charge in [0.15, 0.2) is 0 Å². The van der Waals surface area contributed by atoms with Crippen LogP contribution in [0.1, 0.15) is 22.7 Å². The molecule has 0 fully saturated rings. The van der Waals surface area contributed by atoms with Crippen molar-refractivity contribution in [1.82, 2.24) is 10.6 Å². The third-order valence-corrected chi connectivity index (χ3v) is 5.81. The number of anilines is 1. The number of amides is 3. The Kier molecular flexibility index (Phi) is 8.15. The fourth-order valence-corrected chi connectivity index (χ4v) is 3.94. The summed E-state index contributed by atoms with van der Waals surface area (Å²) in [6.45, 7) is 0. The topological polar surface area (TPSA) is 70.2 Å². The van der Waals surface area contributed by atoms with Gasteiger partial charge >= 0.3 is 6.03 Å². The normalized spacial score (nSPS) is 11.5. The van der Waals surface area contributed by atoms with Crippen molar-refractivity contribution in [3.8, 4) is 0 Å². The zero-order chi connectivity index (χ0) is 24.5. The molecule has 0 heterocycles. The predicted molar refractivity (Wildman–Crippen MR) is 140 cm³/mol. The first-order chi connectivity index (χ1) is 17.1. The molecule has 4 aromatic rings. The van der Waals surface area contributed by atoms with Crippen molar-refractivity contribution in [3.63, 3.8) is 0 Å². The van der Waals surface area contributed by atoms with Crippen molar-refractivity contribution in [2.24, 2.45) is 0 Å². The minimum absolute atomic E-state index is 0.280. The van der Waals surface area contributed by atoms with Crippen LogP contribution < -0.4 is 16.0 Å². The summed E-state index contributed by atoms with van der Waals surface area (Å²) >= 11 is 5.93. The van der Waals surface area contributed by atoms with Crippen LogP contribution in [0.2, 0.25) is 5.02 Å². The second kappa shape index (κ2) is 11.9. The van der Waals surface area contributed by atoms with Crippen LogP contribution in [-0.4, -0.2) is 18.0 Å². The highest BCUT2D eigenvalue weighted by molar-refractivity contribution is 6.30. The molecule has 0 aliphatic carbocycles. The summed E-state index contributed by atoms with van der Waals surface area (Å²) in [7, 11) is 0. The quantitative estimate of drug-likeness (QED) is 0.288. The van der Waals surface area contributed by atoms with Gasteiger partial charge in [0, 0.05) is 17.1 Å². The summed E-state index contributed by atoms with van der Waals surface area (Å²) in [5, 5.41) is 9.33. The van der Waals surface area contributed by atoms with Crippen LogP contribution in [0.5, 0.6) is 0 Å². The Balaban J connectivity index is 1.55. The number of halogens is 1. The van der Waals surface area contributed by atoms with E-state index in [2.05, 4.69) is 16.0 Å². The first-order valence-electron chi connectivity index (χ1n) is 11.4. The number of hydrogen-bond acceptors (Lipinski definition) is 2. The maximum Gasteiger partial charge on any atom is 0.319 e. The molecule has 0 aromatic heterocycles. The second-order valence-electron chi connectivity index (χ2n) is 8.11. The summed E-state index contributed by atoms with van der Waals surface area (Å²) < 4.78 is 0. The number of benzene rings is 4. The maximum absolute atomic E-state index is 13.6. The molecule has 4 rings (SSSR count). The second-order valence-corrected chi connectivity index (χ2v) is 8.55. The molecule has 0 aliphatic rings. The highest BCUT2D eigenvalue weighted by Crippen LogP contribution is 2.22. The van der Waals surface area contributed by atoms with Crippen molar-refractivity contribution < 1.29 is 9.59 Å². The standard InChI is InChI=1S/C29H26ClN3O2/c30-24-16-18-25(19-17-24)31-29(35)32-26(20-21-10-4-1-5-11-21)28(34)33-27(22-12-6-2-7-13-22)23-14-8-3-9-15-23/h1-19,26-27H,20H2,(H,33,34)(H2,31,32,35). The molecule has 0 bridgehead atoms. The van der Waals surface area contributed by atoms with Crippen LogP contribution >= 0.6 is 11.6 Å². The van der Waals surface area contributed by atoms with Gasteiger partial charge in [0.05, 0.1) is 6.04 Å². The van der Waals surface area contributed by atoms with Gasteiger partial charge in [-0.05, 0) is 41.0 Å². The molecule has 0 saturated heterocycles. The van der Waals surface area contributed by atoms with Crippen molar-refractivity contribution in [2.45, 2.75) is 18.5 Å². The van der Waals surface area contributed by atoms with E-state index in [9.17, 15) is 9.59 Å². The van der Waals surface area contributed by atoms with Gasteiger partial charge in [-0.3, -0.25) is 4.79 Å². The third kappa shape index (κ3) is 6.95. The lowest BCUT2D eigenvalue weighted by molar-refractivity contribution is -0.123. The molecule has 3 amide bonds. The smallest absolute Gasteiger partial charge is 0.319 e. The van der Waals surface area contributed by atoms with E-state index in [4.69, 9.17) is 11.6 Å². The average molecular weight is 484 g/mol. The minimum atomic E-state index is -0.792. The van der Waals surface area contributed by atoms with E-state index in [0.717, 1.165) is 16.7 Å². The van der Waals surface area contributed by atoms with Crippen molar-refractivity contribution >= 4 is 29.2 Å². The maximum atomic E-state index is 13.6. The van der Waals surface area contributed by atoms with Crippen LogP contribution in [0.3, 0.4) is 0 Å². The number of hydrogen-bond donors (Lipinski definition) is 3. The molecule has 4 aromatic carbocycles. The average Bonchev–Trinajstić information content (AvgIpc) is 2.90. The monoisotopic (exact) mass is 483 g/mol. The number of urea groups is 1. The van der Waals surface area contributed by atoms with E-state index >= 15 is 0 Å². The van der Waals surface area contributed by atoms with E-state index < -0.39 is 12.1 Å². The van der Waals surface area contributed by atoms with Gasteiger partial charge < -0.3 is 16.0 Å². The van der Waals surface area contributed by atoms with Gasteiger partial charge in [0.2, 0.25) is 5.91 Å². The Bertz CT molecular complexity index is 1190. The van der Waals surface area contributed by atoms with E-state index in [1.807, 2.05) is 91.0 Å². The summed E-state index contributed by atoms with van der Waals surface area (Å²) in [4.78, 5) is 26.4. The van der Waals surface area contributed by atoms with Gasteiger partial charge in [0.25, 0.3) is 0 Å². The van der Waals surface area contributed by atoms with Crippen molar-refractivity contribution in [2.75, 3.05) is 5.32 Å². The molecule has 3 N–H and O–H groups in total. The Morgan fingerprint density at radius 2 is 1.17 bits per heavy atom. The first kappa shape index (κ1) is 24.0. The van der Waals surface area contributed by atoms with E-state index in [1.165, 1.54) is 0 Å². The summed E-state index contributed by atoms with van der Waals surface area (Å²) in [6, 6.07) is 34.3. The summed E-state index contributed by atoms with van der Waals surface area (Å²) in [5.41, 5.74) is 3.43. The molecular formula is C29H26ClN3O2. The largest absolute Gasteiger partial charge is 0.343 e. The first-order valence-corrected chi connectivity index (χ1v) is 11.7. The highest BCUT2D eigenvalue weighted by atomic mass is 35.5. The molecule has 0 saturated carbocycles. The lowest BCUT2D eigenvalue weighted by Gasteiger charge is -2.24. The molecule has 176 valence electrons. The Morgan fingerprint density at radius 1 is 0.657 bits per heavy atom. The highest BCUT2D eigenvalue weighted by Gasteiger charge is 2.25. The van der Waals surface area contributed by atoms with E-state index in [-0.39, 0.29) is 11.9 Å². The molecular weight excluding hydrogens is 458 g/mol. The number of carbonyl (C=O) groups is 2. The van der Waals surface area contributed by atoms with E-state index in [1.54, 1.807) is 24.3 Å². The van der Waals surface area contributed by atoms with Crippen LogP contribution in [0.15, 0.2) is 115 Å². The predicted octanol–water partition coefficient (Wildman–Crippen LogP) is 5.98. The molecule has 6 heteroatoms. The van der Waals surface area contributed by atoms with E-state index in [0.29, 0.717) is 17.1 Å². The minimum Gasteiger partial charge on any atom is -0.343 e. The van der Waals surface area contributed by atoms with Gasteiger partial charge in [-0.2, -0.15) is 0 Å². The molecule has 0 radical (unpaired) electrons. The number of carbonyl (C=O) groups excluding carboxylic acids is 2. The van der Waals surface area contributed by atoms with Gasteiger partial charge in [-0.25, -0.2) is 4.79 Å². The fourth-order valence-electron chi connectivity index (χ4n) is 3.81. The molecule has 5 nitrogen and oxygen atoms in total. The van der Waals surface area contributed by atoms with Crippen molar-refractivity contribution in [1.29, 1.82) is 0 Å². The van der Waals surface area contributed by atoms with Gasteiger partial charge in [-0.15, -0.1) is 0 Å². The zero-order valence-electron chi connectivity index (χ0n) is 19.0.